The molecule has 1 unspecified atom stereocenters. The molecule has 0 spiro atoms. The van der Waals surface area contributed by atoms with E-state index in [2.05, 4.69) is 5.32 Å². The number of hydrogen-bond donors (Lipinski definition) is 1. The fraction of sp³-hybridized carbons (Fsp3) is 0.409. The molecule has 0 radical (unpaired) electrons. The first-order chi connectivity index (χ1) is 13.6. The smallest absolute Gasteiger partial charge is 0.318 e. The number of nitrogens with zero attached hydrogens (tertiary/aromatic N) is 1. The van der Waals surface area contributed by atoms with Crippen LogP contribution < -0.4 is 14.8 Å². The number of urea groups is 1. The number of carbonyl (C=O) groups is 1. The minimum Gasteiger partial charge on any atom is -0.493 e. The van der Waals surface area contributed by atoms with Crippen molar-refractivity contribution in [1.29, 1.82) is 0 Å². The summed E-state index contributed by atoms with van der Waals surface area (Å²) < 4.78 is 10.8. The minimum atomic E-state index is -0.0210. The number of ether oxygens (including phenoxy) is 2. The number of amides is 2. The molecule has 0 bridgehead atoms. The lowest BCUT2D eigenvalue weighted by atomic mass is 9.98. The summed E-state index contributed by atoms with van der Waals surface area (Å²) in [6, 6.07) is 11.8. The number of hydrogen-bond acceptors (Lipinski definition) is 3. The third kappa shape index (κ3) is 3.90. The van der Waals surface area contributed by atoms with Gasteiger partial charge in [-0.15, -0.1) is 0 Å². The maximum absolute atomic E-state index is 13.0. The monoisotopic (exact) mass is 400 g/mol. The van der Waals surface area contributed by atoms with Crippen LogP contribution >= 0.6 is 11.6 Å². The Morgan fingerprint density at radius 1 is 1.11 bits per heavy atom. The van der Waals surface area contributed by atoms with E-state index < -0.39 is 0 Å². The number of fused-ring (bicyclic) bond motifs is 1. The molecular weight excluding hydrogens is 376 g/mol. The van der Waals surface area contributed by atoms with Gasteiger partial charge < -0.3 is 19.7 Å². The Bertz CT molecular complexity index is 865. The van der Waals surface area contributed by atoms with Crippen LogP contribution in [-0.2, 0) is 13.0 Å². The lowest BCUT2D eigenvalue weighted by Crippen LogP contribution is -2.44. The Hall–Kier alpha value is -2.40. The Balaban J connectivity index is 1.49. The Morgan fingerprint density at radius 3 is 2.36 bits per heavy atom. The third-order valence-electron chi connectivity index (χ3n) is 5.61. The molecule has 6 heteroatoms. The molecule has 1 heterocycles. The average Bonchev–Trinajstić information content (AvgIpc) is 3.56. The third-order valence-corrected chi connectivity index (χ3v) is 5.86. The molecule has 2 aromatic carbocycles. The van der Waals surface area contributed by atoms with E-state index in [0.717, 1.165) is 36.1 Å². The van der Waals surface area contributed by atoms with Crippen molar-refractivity contribution in [2.45, 2.75) is 31.8 Å². The van der Waals surface area contributed by atoms with Crippen molar-refractivity contribution >= 4 is 17.6 Å². The zero-order chi connectivity index (χ0) is 19.7. The second kappa shape index (κ2) is 7.92. The summed E-state index contributed by atoms with van der Waals surface area (Å²) in [6.07, 6.45) is 3.10. The normalized spacial score (nSPS) is 16.9. The molecule has 0 saturated heterocycles. The molecule has 1 aliphatic carbocycles. The van der Waals surface area contributed by atoms with Gasteiger partial charge in [0.05, 0.1) is 20.3 Å². The number of carbonyl (C=O) groups excluding carboxylic acids is 1. The molecule has 0 aromatic heterocycles. The molecule has 148 valence electrons. The van der Waals surface area contributed by atoms with Crippen molar-refractivity contribution in [2.75, 3.05) is 20.8 Å². The first-order valence-corrected chi connectivity index (χ1v) is 10.0. The van der Waals surface area contributed by atoms with Gasteiger partial charge >= 0.3 is 6.03 Å². The van der Waals surface area contributed by atoms with Crippen molar-refractivity contribution in [2.24, 2.45) is 5.92 Å². The van der Waals surface area contributed by atoms with E-state index in [-0.39, 0.29) is 12.1 Å². The highest BCUT2D eigenvalue weighted by atomic mass is 35.5. The van der Waals surface area contributed by atoms with Crippen LogP contribution in [0.4, 0.5) is 4.79 Å². The summed E-state index contributed by atoms with van der Waals surface area (Å²) in [5.74, 6) is 1.93. The van der Waals surface area contributed by atoms with Gasteiger partial charge in [0.15, 0.2) is 11.5 Å². The predicted molar refractivity (Wildman–Crippen MR) is 109 cm³/mol. The lowest BCUT2D eigenvalue weighted by Gasteiger charge is -2.31. The van der Waals surface area contributed by atoms with Crippen LogP contribution in [0.25, 0.3) is 0 Å². The van der Waals surface area contributed by atoms with Crippen molar-refractivity contribution in [3.63, 3.8) is 0 Å². The molecule has 1 aliphatic heterocycles. The molecule has 5 nitrogen and oxygen atoms in total. The predicted octanol–water partition coefficient (Wildman–Crippen LogP) is 4.58. The van der Waals surface area contributed by atoms with Gasteiger partial charge in [0.25, 0.3) is 0 Å². The van der Waals surface area contributed by atoms with E-state index in [1.165, 1.54) is 5.56 Å². The maximum atomic E-state index is 13.0. The van der Waals surface area contributed by atoms with Crippen molar-refractivity contribution in [1.82, 2.24) is 10.2 Å². The Kier molecular flexibility index (Phi) is 5.36. The van der Waals surface area contributed by atoms with Gasteiger partial charge in [-0.1, -0.05) is 23.7 Å². The standard InChI is InChI=1S/C22H25ClN2O3/c1-27-19-11-16-9-10-25(13-17(16)12-20(19)28-2)22(26)24-21(14-3-4-14)15-5-7-18(23)8-6-15/h5-8,11-12,14,21H,3-4,9-10,13H2,1-2H3,(H,24,26). The van der Waals surface area contributed by atoms with Crippen LogP contribution in [0, 0.1) is 5.92 Å². The number of rotatable bonds is 5. The summed E-state index contributed by atoms with van der Waals surface area (Å²) in [5, 5.41) is 3.96. The van der Waals surface area contributed by atoms with E-state index in [4.69, 9.17) is 21.1 Å². The molecule has 2 aliphatic rings. The zero-order valence-corrected chi connectivity index (χ0v) is 17.0. The van der Waals surface area contributed by atoms with E-state index in [9.17, 15) is 4.79 Å². The molecule has 4 rings (SSSR count). The van der Waals surface area contributed by atoms with Crippen LogP contribution in [0.5, 0.6) is 11.5 Å². The fourth-order valence-corrected chi connectivity index (χ4v) is 3.98. The van der Waals surface area contributed by atoms with Crippen LogP contribution in [0.2, 0.25) is 5.02 Å². The summed E-state index contributed by atoms with van der Waals surface area (Å²) in [6.45, 7) is 1.26. The van der Waals surface area contributed by atoms with Crippen LogP contribution in [-0.4, -0.2) is 31.7 Å². The number of halogens is 1. The van der Waals surface area contributed by atoms with Gasteiger partial charge in [-0.05, 0) is 66.1 Å². The minimum absolute atomic E-state index is 0.0210. The van der Waals surface area contributed by atoms with Gasteiger partial charge in [0, 0.05) is 18.1 Å². The number of methoxy groups -OCH3 is 2. The molecule has 1 saturated carbocycles. The maximum Gasteiger partial charge on any atom is 0.318 e. The Morgan fingerprint density at radius 2 is 1.75 bits per heavy atom. The average molecular weight is 401 g/mol. The van der Waals surface area contributed by atoms with Crippen molar-refractivity contribution < 1.29 is 14.3 Å². The Labute approximate surface area is 170 Å². The number of nitrogens with one attached hydrogen (secondary N) is 1. The highest BCUT2D eigenvalue weighted by Crippen LogP contribution is 2.41. The summed E-state index contributed by atoms with van der Waals surface area (Å²) >= 11 is 6.02. The molecule has 2 aromatic rings. The quantitative estimate of drug-likeness (QED) is 0.799. The first kappa shape index (κ1) is 18.9. The highest BCUT2D eigenvalue weighted by Gasteiger charge is 2.34. The first-order valence-electron chi connectivity index (χ1n) is 9.63. The van der Waals surface area contributed by atoms with Gasteiger partial charge in [0.1, 0.15) is 0 Å². The van der Waals surface area contributed by atoms with E-state index in [1.54, 1.807) is 14.2 Å². The summed E-state index contributed by atoms with van der Waals surface area (Å²) in [4.78, 5) is 14.9. The number of benzene rings is 2. The fourth-order valence-electron chi connectivity index (χ4n) is 3.85. The van der Waals surface area contributed by atoms with Crippen LogP contribution in [0.15, 0.2) is 36.4 Å². The SMILES string of the molecule is COc1cc2c(cc1OC)CN(C(=O)NC(c1ccc(Cl)cc1)C1CC1)CC2. The second-order valence-electron chi connectivity index (χ2n) is 7.46. The zero-order valence-electron chi connectivity index (χ0n) is 16.2. The largest absolute Gasteiger partial charge is 0.493 e. The molecule has 1 fully saturated rings. The molecule has 28 heavy (non-hydrogen) atoms. The van der Waals surface area contributed by atoms with Crippen molar-refractivity contribution in [3.05, 3.63) is 58.1 Å². The van der Waals surface area contributed by atoms with E-state index >= 15 is 0 Å². The van der Waals surface area contributed by atoms with Gasteiger partial charge in [-0.2, -0.15) is 0 Å². The topological polar surface area (TPSA) is 50.8 Å². The van der Waals surface area contributed by atoms with Crippen LogP contribution in [0.3, 0.4) is 0 Å². The van der Waals surface area contributed by atoms with E-state index in [0.29, 0.717) is 29.8 Å². The van der Waals surface area contributed by atoms with E-state index in [1.807, 2.05) is 41.3 Å². The molecule has 2 amide bonds. The lowest BCUT2D eigenvalue weighted by molar-refractivity contribution is 0.186. The second-order valence-corrected chi connectivity index (χ2v) is 7.90. The molecular formula is C22H25ClN2O3. The van der Waals surface area contributed by atoms with Gasteiger partial charge in [0.2, 0.25) is 0 Å². The molecule has 1 atom stereocenters. The van der Waals surface area contributed by atoms with Gasteiger partial charge in [-0.3, -0.25) is 0 Å². The van der Waals surface area contributed by atoms with Gasteiger partial charge in [-0.25, -0.2) is 4.79 Å². The molecule has 1 N–H and O–H groups in total. The van der Waals surface area contributed by atoms with Crippen molar-refractivity contribution in [3.8, 4) is 11.5 Å². The summed E-state index contributed by atoms with van der Waals surface area (Å²) in [7, 11) is 3.27. The summed E-state index contributed by atoms with van der Waals surface area (Å²) in [5.41, 5.74) is 3.43. The van der Waals surface area contributed by atoms with Crippen LogP contribution in [0.1, 0.15) is 35.6 Å². The highest BCUT2D eigenvalue weighted by molar-refractivity contribution is 6.30.